The van der Waals surface area contributed by atoms with Crippen molar-refractivity contribution in [3.63, 3.8) is 0 Å². The van der Waals surface area contributed by atoms with Crippen LogP contribution in [0.4, 0.5) is 5.69 Å². The van der Waals surface area contributed by atoms with Crippen molar-refractivity contribution in [1.82, 2.24) is 4.90 Å². The van der Waals surface area contributed by atoms with Gasteiger partial charge in [0.1, 0.15) is 6.42 Å². The summed E-state index contributed by atoms with van der Waals surface area (Å²) in [6.45, 7) is 0.676. The first-order valence-corrected chi connectivity index (χ1v) is 10.6. The summed E-state index contributed by atoms with van der Waals surface area (Å²) in [7, 11) is 0. The fraction of sp³-hybridized carbons (Fsp3) is 0.190. The zero-order chi connectivity index (χ0) is 19.5. The van der Waals surface area contributed by atoms with Crippen LogP contribution in [-0.4, -0.2) is 23.3 Å². The predicted molar refractivity (Wildman–Crippen MR) is 111 cm³/mol. The van der Waals surface area contributed by atoms with Crippen molar-refractivity contribution in [1.29, 1.82) is 5.26 Å². The standard InChI is InChI=1S/C21H17N3O2S2/c22-10-7-19(25)23-15-5-3-14(4-6-15)21(26)24-11-8-17-16(9-13-28-17)20(24)18-2-1-12-27-18/h1-6,9,12-13,20H,7-8,11H2,(H,23,25)/t20-/m0/s1. The number of thiophene rings is 2. The summed E-state index contributed by atoms with van der Waals surface area (Å²) in [6.07, 6.45) is 0.669. The monoisotopic (exact) mass is 407 g/mol. The van der Waals surface area contributed by atoms with Crippen LogP contribution in [0.3, 0.4) is 0 Å². The van der Waals surface area contributed by atoms with Gasteiger partial charge in [-0.1, -0.05) is 6.07 Å². The number of hydrogen-bond donors (Lipinski definition) is 1. The van der Waals surface area contributed by atoms with Gasteiger partial charge in [-0.3, -0.25) is 9.59 Å². The molecule has 0 radical (unpaired) electrons. The SMILES string of the molecule is N#CCC(=O)Nc1ccc(C(=O)N2CCc3sccc3[C@H]2c2cccs2)cc1. The van der Waals surface area contributed by atoms with Crippen LogP contribution in [0.2, 0.25) is 0 Å². The van der Waals surface area contributed by atoms with Crippen LogP contribution in [0.5, 0.6) is 0 Å². The first-order valence-electron chi connectivity index (χ1n) is 8.85. The van der Waals surface area contributed by atoms with E-state index in [1.165, 1.54) is 10.4 Å². The second-order valence-corrected chi connectivity index (χ2v) is 8.41. The number of carbonyl (C=O) groups is 2. The Bertz CT molecular complexity index is 1030. The average Bonchev–Trinajstić information content (AvgIpc) is 3.39. The minimum absolute atomic E-state index is 0.0230. The molecule has 0 saturated heterocycles. The molecule has 1 aliphatic heterocycles. The summed E-state index contributed by atoms with van der Waals surface area (Å²) in [5.74, 6) is -0.384. The van der Waals surface area contributed by atoms with Crippen LogP contribution < -0.4 is 5.32 Å². The van der Waals surface area contributed by atoms with E-state index in [4.69, 9.17) is 5.26 Å². The molecule has 1 aromatic carbocycles. The summed E-state index contributed by atoms with van der Waals surface area (Å²) in [6, 6.07) is 14.8. The second kappa shape index (κ2) is 7.97. The number of nitrogens with zero attached hydrogens (tertiary/aromatic N) is 2. The number of rotatable bonds is 4. The fourth-order valence-corrected chi connectivity index (χ4v) is 5.19. The number of carbonyl (C=O) groups excluding carboxylic acids is 2. The number of fused-ring (bicyclic) bond motifs is 1. The molecule has 0 aliphatic carbocycles. The molecular formula is C21H17N3O2S2. The quantitative estimate of drug-likeness (QED) is 0.694. The fourth-order valence-electron chi connectivity index (χ4n) is 3.43. The van der Waals surface area contributed by atoms with Gasteiger partial charge in [0.2, 0.25) is 5.91 Å². The summed E-state index contributed by atoms with van der Waals surface area (Å²) in [4.78, 5) is 29.3. The number of benzene rings is 1. The molecule has 1 aliphatic rings. The van der Waals surface area contributed by atoms with Crippen LogP contribution in [0.25, 0.3) is 0 Å². The van der Waals surface area contributed by atoms with Gasteiger partial charge in [0, 0.05) is 27.5 Å². The van der Waals surface area contributed by atoms with Crippen molar-refractivity contribution < 1.29 is 9.59 Å². The van der Waals surface area contributed by atoms with Crippen LogP contribution in [0.15, 0.2) is 53.2 Å². The second-order valence-electron chi connectivity index (χ2n) is 6.43. The van der Waals surface area contributed by atoms with Gasteiger partial charge < -0.3 is 10.2 Å². The molecule has 140 valence electrons. The van der Waals surface area contributed by atoms with E-state index in [1.54, 1.807) is 46.9 Å². The van der Waals surface area contributed by atoms with Gasteiger partial charge in [-0.15, -0.1) is 22.7 Å². The zero-order valence-corrected chi connectivity index (χ0v) is 16.6. The first kappa shape index (κ1) is 18.4. The number of anilines is 1. The van der Waals surface area contributed by atoms with Crippen molar-refractivity contribution in [2.75, 3.05) is 11.9 Å². The maximum atomic E-state index is 13.3. The molecule has 0 spiro atoms. The smallest absolute Gasteiger partial charge is 0.254 e. The summed E-state index contributed by atoms with van der Waals surface area (Å²) >= 11 is 3.41. The molecule has 7 heteroatoms. The normalized spacial score (nSPS) is 15.5. The molecule has 0 bridgehead atoms. The maximum Gasteiger partial charge on any atom is 0.254 e. The van der Waals surface area contributed by atoms with E-state index in [9.17, 15) is 9.59 Å². The molecule has 28 heavy (non-hydrogen) atoms. The van der Waals surface area contributed by atoms with Gasteiger partial charge in [0.05, 0.1) is 12.1 Å². The lowest BCUT2D eigenvalue weighted by Gasteiger charge is -2.35. The molecule has 1 atom stereocenters. The Hall–Kier alpha value is -2.95. The number of nitrogens with one attached hydrogen (secondary N) is 1. The van der Waals surface area contributed by atoms with Gasteiger partial charge in [0.25, 0.3) is 5.91 Å². The Labute approximate surface area is 170 Å². The molecule has 0 fully saturated rings. The lowest BCUT2D eigenvalue weighted by molar-refractivity contribution is -0.115. The van der Waals surface area contributed by atoms with Crippen molar-refractivity contribution in [3.05, 3.63) is 74.1 Å². The van der Waals surface area contributed by atoms with E-state index < -0.39 is 0 Å². The molecule has 1 N–H and O–H groups in total. The van der Waals surface area contributed by atoms with Crippen molar-refractivity contribution in [2.24, 2.45) is 0 Å². The third-order valence-electron chi connectivity index (χ3n) is 4.69. The molecule has 2 aromatic heterocycles. The average molecular weight is 408 g/mol. The third-order valence-corrected chi connectivity index (χ3v) is 6.62. The lowest BCUT2D eigenvalue weighted by atomic mass is 9.97. The van der Waals surface area contributed by atoms with Crippen LogP contribution >= 0.6 is 22.7 Å². The van der Waals surface area contributed by atoms with E-state index in [0.29, 0.717) is 17.8 Å². The Kier molecular flexibility index (Phi) is 5.24. The summed E-state index contributed by atoms with van der Waals surface area (Å²) in [5, 5.41) is 15.4. The minimum atomic E-state index is -0.361. The van der Waals surface area contributed by atoms with Crippen LogP contribution in [-0.2, 0) is 11.2 Å². The van der Waals surface area contributed by atoms with Gasteiger partial charge in [-0.2, -0.15) is 5.26 Å². The lowest BCUT2D eigenvalue weighted by Crippen LogP contribution is -2.39. The number of nitriles is 1. The Morgan fingerprint density at radius 1 is 1.14 bits per heavy atom. The highest BCUT2D eigenvalue weighted by molar-refractivity contribution is 7.10. The Morgan fingerprint density at radius 3 is 2.68 bits per heavy atom. The Morgan fingerprint density at radius 2 is 1.96 bits per heavy atom. The van der Waals surface area contributed by atoms with Crippen LogP contribution in [0.1, 0.15) is 38.1 Å². The molecular weight excluding hydrogens is 390 g/mol. The molecule has 3 heterocycles. The van der Waals surface area contributed by atoms with E-state index in [2.05, 4.69) is 22.8 Å². The maximum absolute atomic E-state index is 13.3. The predicted octanol–water partition coefficient (Wildman–Crippen LogP) is 4.45. The molecule has 0 saturated carbocycles. The largest absolute Gasteiger partial charge is 0.326 e. The van der Waals surface area contributed by atoms with Gasteiger partial charge in [0.15, 0.2) is 0 Å². The van der Waals surface area contributed by atoms with Crippen molar-refractivity contribution in [2.45, 2.75) is 18.9 Å². The minimum Gasteiger partial charge on any atom is -0.326 e. The van der Waals surface area contributed by atoms with Crippen molar-refractivity contribution in [3.8, 4) is 6.07 Å². The molecule has 4 rings (SSSR count). The van der Waals surface area contributed by atoms with Gasteiger partial charge >= 0.3 is 0 Å². The van der Waals surface area contributed by atoms with Crippen LogP contribution in [0, 0.1) is 11.3 Å². The van der Waals surface area contributed by atoms with E-state index in [0.717, 1.165) is 11.3 Å². The molecule has 2 amide bonds. The highest BCUT2D eigenvalue weighted by Gasteiger charge is 2.33. The number of amides is 2. The van der Waals surface area contributed by atoms with Gasteiger partial charge in [-0.25, -0.2) is 0 Å². The van der Waals surface area contributed by atoms with E-state index in [-0.39, 0.29) is 24.3 Å². The van der Waals surface area contributed by atoms with Gasteiger partial charge in [-0.05, 0) is 59.1 Å². The third kappa shape index (κ3) is 3.57. The molecule has 0 unspecified atom stereocenters. The van der Waals surface area contributed by atoms with E-state index in [1.807, 2.05) is 22.4 Å². The topological polar surface area (TPSA) is 73.2 Å². The Balaban J connectivity index is 1.59. The van der Waals surface area contributed by atoms with E-state index >= 15 is 0 Å². The first-order chi connectivity index (χ1) is 13.7. The highest BCUT2D eigenvalue weighted by atomic mass is 32.1. The zero-order valence-electron chi connectivity index (χ0n) is 14.9. The molecule has 3 aromatic rings. The highest BCUT2D eigenvalue weighted by Crippen LogP contribution is 2.40. The number of hydrogen-bond acceptors (Lipinski definition) is 5. The van der Waals surface area contributed by atoms with Crippen molar-refractivity contribution >= 4 is 40.2 Å². The summed E-state index contributed by atoms with van der Waals surface area (Å²) < 4.78 is 0. The summed E-state index contributed by atoms with van der Waals surface area (Å²) in [5.41, 5.74) is 2.37. The molecule has 5 nitrogen and oxygen atoms in total.